The minimum atomic E-state index is 0.0384. The number of piperidine rings is 1. The number of nitrogens with zero attached hydrogens (tertiary/aromatic N) is 2. The Labute approximate surface area is 130 Å². The van der Waals surface area contributed by atoms with Crippen LogP contribution in [0.3, 0.4) is 0 Å². The van der Waals surface area contributed by atoms with Gasteiger partial charge in [0.05, 0.1) is 12.2 Å². The Kier molecular flexibility index (Phi) is 5.67. The minimum absolute atomic E-state index is 0.0384. The molecule has 4 heteroatoms. The number of nitrogens with one attached hydrogen (secondary N) is 1. The number of carbonyl (C=O) groups excluding carboxylic acids is 1. The van der Waals surface area contributed by atoms with Gasteiger partial charge in [0.2, 0.25) is 5.91 Å². The summed E-state index contributed by atoms with van der Waals surface area (Å²) in [6.45, 7) is 9.98. The van der Waals surface area contributed by atoms with Crippen LogP contribution in [-0.4, -0.2) is 53.6 Å². The van der Waals surface area contributed by atoms with Crippen LogP contribution in [0.25, 0.3) is 0 Å². The van der Waals surface area contributed by atoms with Crippen molar-refractivity contribution in [3.63, 3.8) is 0 Å². The van der Waals surface area contributed by atoms with Crippen LogP contribution in [0.5, 0.6) is 0 Å². The van der Waals surface area contributed by atoms with E-state index in [0.717, 1.165) is 38.6 Å². The Bertz CT molecular complexity index is 358. The molecule has 0 aromatic heterocycles. The van der Waals surface area contributed by atoms with Gasteiger partial charge in [-0.05, 0) is 45.6 Å². The van der Waals surface area contributed by atoms with E-state index in [0.29, 0.717) is 23.9 Å². The van der Waals surface area contributed by atoms with Gasteiger partial charge in [-0.3, -0.25) is 10.1 Å². The van der Waals surface area contributed by atoms with Gasteiger partial charge in [0.25, 0.3) is 0 Å². The number of amides is 1. The van der Waals surface area contributed by atoms with Crippen LogP contribution < -0.4 is 5.32 Å². The Morgan fingerprint density at radius 2 is 2.10 bits per heavy atom. The van der Waals surface area contributed by atoms with Crippen molar-refractivity contribution >= 4 is 5.91 Å². The Morgan fingerprint density at radius 3 is 2.67 bits per heavy atom. The van der Waals surface area contributed by atoms with Crippen molar-refractivity contribution in [2.45, 2.75) is 84.1 Å². The third-order valence-electron chi connectivity index (χ3n) is 5.13. The average Bonchev–Trinajstić information content (AvgIpc) is 2.69. The second-order valence-electron chi connectivity index (χ2n) is 7.41. The number of likely N-dealkylation sites (tertiary alicyclic amines) is 1. The van der Waals surface area contributed by atoms with Crippen molar-refractivity contribution in [1.29, 1.82) is 0 Å². The van der Waals surface area contributed by atoms with Gasteiger partial charge in [-0.15, -0.1) is 0 Å². The Balaban J connectivity index is 2.08. The lowest BCUT2D eigenvalue weighted by Crippen LogP contribution is -2.51. The highest BCUT2D eigenvalue weighted by Crippen LogP contribution is 2.28. The van der Waals surface area contributed by atoms with Crippen LogP contribution in [0.4, 0.5) is 0 Å². The summed E-state index contributed by atoms with van der Waals surface area (Å²) in [7, 11) is 2.19. The molecule has 2 aliphatic rings. The molecule has 2 heterocycles. The van der Waals surface area contributed by atoms with Crippen molar-refractivity contribution < 1.29 is 4.79 Å². The standard InChI is InChI=1S/C17H33N3O/c1-6-7-16-18-15(10-12(2)3)17(21)20(16)14-8-9-19(5)13(4)11-14/h12-16,18H,6-11H2,1-5H3. The predicted molar refractivity (Wildman–Crippen MR) is 87.0 cm³/mol. The van der Waals surface area contributed by atoms with Crippen molar-refractivity contribution in [2.75, 3.05) is 13.6 Å². The lowest BCUT2D eigenvalue weighted by atomic mass is 9.96. The zero-order chi connectivity index (χ0) is 15.6. The fraction of sp³-hybridized carbons (Fsp3) is 0.941. The maximum absolute atomic E-state index is 12.9. The fourth-order valence-electron chi connectivity index (χ4n) is 3.81. The predicted octanol–water partition coefficient (Wildman–Crippen LogP) is 2.44. The van der Waals surface area contributed by atoms with Crippen molar-refractivity contribution in [3.05, 3.63) is 0 Å². The third-order valence-corrected chi connectivity index (χ3v) is 5.13. The van der Waals surface area contributed by atoms with Crippen LogP contribution in [0.15, 0.2) is 0 Å². The van der Waals surface area contributed by atoms with Gasteiger partial charge in [-0.2, -0.15) is 0 Å². The maximum Gasteiger partial charge on any atom is 0.241 e. The van der Waals surface area contributed by atoms with Crippen LogP contribution >= 0.6 is 0 Å². The van der Waals surface area contributed by atoms with Crippen LogP contribution in [0, 0.1) is 5.92 Å². The summed E-state index contributed by atoms with van der Waals surface area (Å²) in [5, 5.41) is 3.61. The van der Waals surface area contributed by atoms with Gasteiger partial charge < -0.3 is 9.80 Å². The van der Waals surface area contributed by atoms with Gasteiger partial charge in [0.15, 0.2) is 0 Å². The zero-order valence-electron chi connectivity index (χ0n) is 14.4. The van der Waals surface area contributed by atoms with Gasteiger partial charge in [0.1, 0.15) is 0 Å². The number of hydrogen-bond acceptors (Lipinski definition) is 3. The second-order valence-corrected chi connectivity index (χ2v) is 7.41. The van der Waals surface area contributed by atoms with Gasteiger partial charge in [0, 0.05) is 18.6 Å². The summed E-state index contributed by atoms with van der Waals surface area (Å²) in [6, 6.07) is 1.03. The lowest BCUT2D eigenvalue weighted by Gasteiger charge is -2.41. The number of carbonyl (C=O) groups is 1. The largest absolute Gasteiger partial charge is 0.323 e. The van der Waals surface area contributed by atoms with Gasteiger partial charge >= 0.3 is 0 Å². The third kappa shape index (κ3) is 3.78. The quantitative estimate of drug-likeness (QED) is 0.846. The molecule has 0 bridgehead atoms. The van der Waals surface area contributed by atoms with Crippen molar-refractivity contribution in [2.24, 2.45) is 5.92 Å². The molecule has 2 fully saturated rings. The molecule has 0 aromatic carbocycles. The van der Waals surface area contributed by atoms with Crippen molar-refractivity contribution in [1.82, 2.24) is 15.1 Å². The number of rotatable bonds is 5. The molecule has 122 valence electrons. The molecular formula is C17H33N3O. The molecule has 2 aliphatic heterocycles. The molecule has 1 amide bonds. The van der Waals surface area contributed by atoms with Crippen LogP contribution in [-0.2, 0) is 4.79 Å². The Hall–Kier alpha value is -0.610. The van der Waals surface area contributed by atoms with E-state index in [1.54, 1.807) is 0 Å². The smallest absolute Gasteiger partial charge is 0.241 e. The van der Waals surface area contributed by atoms with E-state index in [9.17, 15) is 4.79 Å². The summed E-state index contributed by atoms with van der Waals surface area (Å²) in [5.41, 5.74) is 0. The first-order chi connectivity index (χ1) is 9.93. The molecule has 2 saturated heterocycles. The molecule has 21 heavy (non-hydrogen) atoms. The molecule has 0 aromatic rings. The van der Waals surface area contributed by atoms with E-state index in [4.69, 9.17) is 0 Å². The number of hydrogen-bond donors (Lipinski definition) is 1. The van der Waals surface area contributed by atoms with Gasteiger partial charge in [-0.25, -0.2) is 0 Å². The molecule has 0 aliphatic carbocycles. The zero-order valence-corrected chi connectivity index (χ0v) is 14.4. The maximum atomic E-state index is 12.9. The normalized spacial score (nSPS) is 35.0. The first-order valence-corrected chi connectivity index (χ1v) is 8.72. The minimum Gasteiger partial charge on any atom is -0.323 e. The Morgan fingerprint density at radius 1 is 1.38 bits per heavy atom. The summed E-state index contributed by atoms with van der Waals surface area (Å²) >= 11 is 0. The van der Waals surface area contributed by atoms with Crippen molar-refractivity contribution in [3.8, 4) is 0 Å². The molecule has 2 rings (SSSR count). The molecule has 4 nitrogen and oxygen atoms in total. The van der Waals surface area contributed by atoms with E-state index in [1.165, 1.54) is 0 Å². The molecule has 4 atom stereocenters. The molecule has 0 radical (unpaired) electrons. The first-order valence-electron chi connectivity index (χ1n) is 8.72. The summed E-state index contributed by atoms with van der Waals surface area (Å²) in [4.78, 5) is 17.5. The fourth-order valence-corrected chi connectivity index (χ4v) is 3.81. The molecule has 1 N–H and O–H groups in total. The molecular weight excluding hydrogens is 262 g/mol. The van der Waals surface area contributed by atoms with E-state index in [1.807, 2.05) is 0 Å². The van der Waals surface area contributed by atoms with Crippen LogP contribution in [0.2, 0.25) is 0 Å². The van der Waals surface area contributed by atoms with E-state index < -0.39 is 0 Å². The first kappa shape index (κ1) is 16.8. The highest BCUT2D eigenvalue weighted by atomic mass is 16.2. The lowest BCUT2D eigenvalue weighted by molar-refractivity contribution is -0.134. The van der Waals surface area contributed by atoms with E-state index >= 15 is 0 Å². The topological polar surface area (TPSA) is 35.6 Å². The van der Waals surface area contributed by atoms with E-state index in [2.05, 4.69) is 49.9 Å². The summed E-state index contributed by atoms with van der Waals surface area (Å²) in [5.74, 6) is 0.911. The molecule has 0 saturated carbocycles. The molecule has 0 spiro atoms. The van der Waals surface area contributed by atoms with Gasteiger partial charge in [-0.1, -0.05) is 27.2 Å². The highest BCUT2D eigenvalue weighted by molar-refractivity contribution is 5.84. The highest BCUT2D eigenvalue weighted by Gasteiger charge is 2.43. The molecule has 4 unspecified atom stereocenters. The van der Waals surface area contributed by atoms with Crippen LogP contribution in [0.1, 0.15) is 59.8 Å². The average molecular weight is 295 g/mol. The van der Waals surface area contributed by atoms with E-state index in [-0.39, 0.29) is 12.2 Å². The summed E-state index contributed by atoms with van der Waals surface area (Å²) < 4.78 is 0. The second kappa shape index (κ2) is 7.10. The SMILES string of the molecule is CCCC1NC(CC(C)C)C(=O)N1C1CCN(C)C(C)C1. The monoisotopic (exact) mass is 295 g/mol. The summed E-state index contributed by atoms with van der Waals surface area (Å²) in [6.07, 6.45) is 5.63.